The van der Waals surface area contributed by atoms with Gasteiger partial charge in [0.25, 0.3) is 0 Å². The standard InChI is InChI=1S/C12H16N6O/c1-2-8-18(11(13)14)16-12(15)17-19-9-10-6-4-3-5-7-10/h1,3-7H,8-9H2,(H3,13,14)(H3,15,16,17). The number of terminal acetylenes is 1. The quantitative estimate of drug-likeness (QED) is 0.253. The molecule has 1 rings (SSSR count). The van der Waals surface area contributed by atoms with E-state index in [1.807, 2.05) is 30.3 Å². The fraction of sp³-hybridized carbons (Fsp3) is 0.167. The molecule has 7 heteroatoms. The highest BCUT2D eigenvalue weighted by atomic mass is 16.6. The van der Waals surface area contributed by atoms with Crippen LogP contribution in [0.1, 0.15) is 5.56 Å². The van der Waals surface area contributed by atoms with Gasteiger partial charge in [-0.15, -0.1) is 11.5 Å². The number of hydrogen-bond acceptors (Lipinski definition) is 3. The Labute approximate surface area is 111 Å². The van der Waals surface area contributed by atoms with Crippen LogP contribution in [0.15, 0.2) is 35.4 Å². The van der Waals surface area contributed by atoms with Crippen molar-refractivity contribution in [2.75, 3.05) is 6.54 Å². The van der Waals surface area contributed by atoms with Crippen molar-refractivity contribution < 1.29 is 4.84 Å². The van der Waals surface area contributed by atoms with E-state index in [-0.39, 0.29) is 18.5 Å². The number of guanidine groups is 2. The topological polar surface area (TPSA) is 113 Å². The molecule has 0 heterocycles. The fourth-order valence-corrected chi connectivity index (χ4v) is 1.18. The van der Waals surface area contributed by atoms with Gasteiger partial charge in [0.15, 0.2) is 0 Å². The SMILES string of the molecule is C#CCN(N=C(N)NOCc1ccccc1)C(=N)N. The van der Waals surface area contributed by atoms with Crippen molar-refractivity contribution in [1.29, 1.82) is 5.41 Å². The van der Waals surface area contributed by atoms with Gasteiger partial charge in [0, 0.05) is 0 Å². The Hall–Kier alpha value is -2.72. The summed E-state index contributed by atoms with van der Waals surface area (Å²) in [6.45, 7) is 0.378. The second-order valence-electron chi connectivity index (χ2n) is 3.51. The summed E-state index contributed by atoms with van der Waals surface area (Å²) in [4.78, 5) is 5.14. The van der Waals surface area contributed by atoms with Gasteiger partial charge >= 0.3 is 0 Å². The summed E-state index contributed by atoms with van der Waals surface area (Å²) in [5.74, 6) is 1.97. The number of hydroxylamine groups is 1. The zero-order valence-corrected chi connectivity index (χ0v) is 10.3. The number of nitrogens with two attached hydrogens (primary N) is 2. The highest BCUT2D eigenvalue weighted by Gasteiger charge is 2.03. The van der Waals surface area contributed by atoms with Crippen molar-refractivity contribution >= 4 is 11.9 Å². The first-order valence-electron chi connectivity index (χ1n) is 5.44. The van der Waals surface area contributed by atoms with Gasteiger partial charge in [-0.1, -0.05) is 36.3 Å². The Balaban J connectivity index is 2.43. The van der Waals surface area contributed by atoms with Crippen LogP contribution >= 0.6 is 0 Å². The molecule has 1 aromatic carbocycles. The van der Waals surface area contributed by atoms with Crippen LogP contribution in [0, 0.1) is 17.8 Å². The third-order valence-corrected chi connectivity index (χ3v) is 2.01. The predicted molar refractivity (Wildman–Crippen MR) is 73.4 cm³/mol. The maximum Gasteiger partial charge on any atom is 0.235 e. The summed E-state index contributed by atoms with van der Waals surface area (Å²) in [6.07, 6.45) is 5.11. The largest absolute Gasteiger partial charge is 0.368 e. The molecule has 6 N–H and O–H groups in total. The van der Waals surface area contributed by atoms with E-state index in [0.717, 1.165) is 10.6 Å². The lowest BCUT2D eigenvalue weighted by Gasteiger charge is -2.14. The van der Waals surface area contributed by atoms with Gasteiger partial charge in [0.05, 0.1) is 6.61 Å². The van der Waals surface area contributed by atoms with Crippen LogP contribution in [-0.4, -0.2) is 23.5 Å². The first kappa shape index (κ1) is 14.3. The van der Waals surface area contributed by atoms with E-state index in [1.165, 1.54) is 0 Å². The molecule has 0 spiro atoms. The molecular weight excluding hydrogens is 244 g/mol. The number of rotatable bonds is 5. The number of hydrazone groups is 1. The zero-order valence-electron chi connectivity index (χ0n) is 10.3. The summed E-state index contributed by atoms with van der Waals surface area (Å²) >= 11 is 0. The molecule has 0 aliphatic carbocycles. The summed E-state index contributed by atoms with van der Waals surface area (Å²) in [5.41, 5.74) is 14.3. The molecule has 100 valence electrons. The van der Waals surface area contributed by atoms with E-state index < -0.39 is 0 Å². The third kappa shape index (κ3) is 5.43. The summed E-state index contributed by atoms with van der Waals surface area (Å²) < 4.78 is 0. The number of nitrogens with one attached hydrogen (secondary N) is 2. The summed E-state index contributed by atoms with van der Waals surface area (Å²) in [5, 5.41) is 12.1. The number of nitrogens with zero attached hydrogens (tertiary/aromatic N) is 2. The average Bonchev–Trinajstić information content (AvgIpc) is 2.39. The van der Waals surface area contributed by atoms with Crippen LogP contribution in [0.5, 0.6) is 0 Å². The highest BCUT2D eigenvalue weighted by Crippen LogP contribution is 1.98. The van der Waals surface area contributed by atoms with E-state index in [9.17, 15) is 0 Å². The van der Waals surface area contributed by atoms with Crippen molar-refractivity contribution in [3.8, 4) is 12.3 Å². The molecule has 1 aromatic rings. The van der Waals surface area contributed by atoms with Gasteiger partial charge in [0.1, 0.15) is 6.54 Å². The van der Waals surface area contributed by atoms with Crippen LogP contribution < -0.4 is 16.9 Å². The maximum absolute atomic E-state index is 7.24. The first-order chi connectivity index (χ1) is 9.13. The molecule has 0 aromatic heterocycles. The van der Waals surface area contributed by atoms with E-state index in [4.69, 9.17) is 28.1 Å². The smallest absolute Gasteiger partial charge is 0.235 e. The highest BCUT2D eigenvalue weighted by molar-refractivity contribution is 5.80. The summed E-state index contributed by atoms with van der Waals surface area (Å²) in [6, 6.07) is 9.54. The van der Waals surface area contributed by atoms with Crippen LogP contribution in [0.3, 0.4) is 0 Å². The van der Waals surface area contributed by atoms with E-state index in [0.29, 0.717) is 6.61 Å². The van der Waals surface area contributed by atoms with Crippen LogP contribution in [0.2, 0.25) is 0 Å². The van der Waals surface area contributed by atoms with Crippen molar-refractivity contribution in [2.24, 2.45) is 16.6 Å². The summed E-state index contributed by atoms with van der Waals surface area (Å²) in [7, 11) is 0. The van der Waals surface area contributed by atoms with E-state index in [1.54, 1.807) is 0 Å². The van der Waals surface area contributed by atoms with Crippen LogP contribution in [0.25, 0.3) is 0 Å². The maximum atomic E-state index is 7.24. The minimum Gasteiger partial charge on any atom is -0.368 e. The van der Waals surface area contributed by atoms with Crippen molar-refractivity contribution in [2.45, 2.75) is 6.61 Å². The van der Waals surface area contributed by atoms with Gasteiger partial charge in [0.2, 0.25) is 11.9 Å². The van der Waals surface area contributed by atoms with Crippen LogP contribution in [-0.2, 0) is 11.4 Å². The van der Waals surface area contributed by atoms with E-state index in [2.05, 4.69) is 16.5 Å². The second-order valence-corrected chi connectivity index (χ2v) is 3.51. The Bertz CT molecular complexity index is 479. The number of benzene rings is 1. The molecular formula is C12H16N6O. The van der Waals surface area contributed by atoms with Crippen LogP contribution in [0.4, 0.5) is 0 Å². The lowest BCUT2D eigenvalue weighted by Crippen LogP contribution is -2.39. The zero-order chi connectivity index (χ0) is 14.1. The molecule has 0 saturated heterocycles. The first-order valence-corrected chi connectivity index (χ1v) is 5.44. The molecule has 0 radical (unpaired) electrons. The van der Waals surface area contributed by atoms with Gasteiger partial charge in [-0.2, -0.15) is 0 Å². The Morgan fingerprint density at radius 1 is 1.42 bits per heavy atom. The van der Waals surface area contributed by atoms with Crippen molar-refractivity contribution in [1.82, 2.24) is 10.5 Å². The van der Waals surface area contributed by atoms with Crippen molar-refractivity contribution in [3.05, 3.63) is 35.9 Å². The Morgan fingerprint density at radius 3 is 2.68 bits per heavy atom. The fourth-order valence-electron chi connectivity index (χ4n) is 1.18. The van der Waals surface area contributed by atoms with Gasteiger partial charge in [-0.25, -0.2) is 10.5 Å². The molecule has 19 heavy (non-hydrogen) atoms. The molecule has 0 unspecified atom stereocenters. The average molecular weight is 260 g/mol. The molecule has 7 nitrogen and oxygen atoms in total. The van der Waals surface area contributed by atoms with Gasteiger partial charge in [-0.3, -0.25) is 10.2 Å². The minimum atomic E-state index is -0.300. The lowest BCUT2D eigenvalue weighted by atomic mass is 10.2. The normalized spacial score (nSPS) is 10.6. The Morgan fingerprint density at radius 2 is 2.11 bits per heavy atom. The molecule has 0 bridgehead atoms. The second kappa shape index (κ2) is 7.58. The molecule has 0 aliphatic heterocycles. The molecule has 0 amide bonds. The number of hydrogen-bond donors (Lipinski definition) is 4. The monoisotopic (exact) mass is 260 g/mol. The molecule has 0 aliphatic rings. The Kier molecular flexibility index (Phi) is 5.72. The minimum absolute atomic E-state index is 0.0404. The van der Waals surface area contributed by atoms with E-state index >= 15 is 0 Å². The molecule has 0 fully saturated rings. The van der Waals surface area contributed by atoms with Gasteiger partial charge in [-0.05, 0) is 5.56 Å². The lowest BCUT2D eigenvalue weighted by molar-refractivity contribution is 0.0693. The third-order valence-electron chi connectivity index (χ3n) is 2.01. The van der Waals surface area contributed by atoms with Gasteiger partial charge < -0.3 is 11.5 Å². The predicted octanol–water partition coefficient (Wildman–Crippen LogP) is -0.234. The molecule has 0 atom stereocenters. The van der Waals surface area contributed by atoms with Crippen molar-refractivity contribution in [3.63, 3.8) is 0 Å². The molecule has 0 saturated carbocycles.